The van der Waals surface area contributed by atoms with Crippen molar-refractivity contribution in [1.29, 1.82) is 0 Å². The fraction of sp³-hybridized carbons (Fsp3) is 0.276. The minimum Gasteiger partial charge on any atom is -0.508 e. The van der Waals surface area contributed by atoms with Crippen molar-refractivity contribution in [3.8, 4) is 34.3 Å². The van der Waals surface area contributed by atoms with Crippen LogP contribution in [0.25, 0.3) is 22.3 Å². The molecule has 0 amide bonds. The van der Waals surface area contributed by atoms with E-state index in [0.29, 0.717) is 11.1 Å². The van der Waals surface area contributed by atoms with E-state index >= 15 is 0 Å². The van der Waals surface area contributed by atoms with E-state index in [-0.39, 0.29) is 33.8 Å². The molecule has 3 aromatic carbocycles. The number of phenols is 4. The van der Waals surface area contributed by atoms with Crippen LogP contribution in [0.5, 0.6) is 23.0 Å². The van der Waals surface area contributed by atoms with Gasteiger partial charge in [-0.15, -0.1) is 0 Å². The highest BCUT2D eigenvalue weighted by Crippen LogP contribution is 2.50. The van der Waals surface area contributed by atoms with Gasteiger partial charge < -0.3 is 50.0 Å². The second kappa shape index (κ2) is 10.5. The summed E-state index contributed by atoms with van der Waals surface area (Å²) >= 11 is 0. The van der Waals surface area contributed by atoms with Crippen LogP contribution in [0.1, 0.15) is 35.6 Å². The van der Waals surface area contributed by atoms with Crippen molar-refractivity contribution in [2.45, 2.75) is 43.4 Å². The van der Waals surface area contributed by atoms with E-state index in [0.717, 1.165) is 6.07 Å². The number of fused-ring (bicyclic) bond motifs is 1. The maximum atomic E-state index is 13.5. The van der Waals surface area contributed by atoms with Crippen molar-refractivity contribution < 1.29 is 50.0 Å². The van der Waals surface area contributed by atoms with Gasteiger partial charge in [0.25, 0.3) is 0 Å². The molecule has 0 radical (unpaired) electrons. The van der Waals surface area contributed by atoms with Crippen molar-refractivity contribution >= 4 is 11.0 Å². The van der Waals surface area contributed by atoms with Gasteiger partial charge in [-0.3, -0.25) is 4.79 Å². The predicted octanol–water partition coefficient (Wildman–Crippen LogP) is 1.95. The topological polar surface area (TPSA) is 201 Å². The van der Waals surface area contributed by atoms with Crippen molar-refractivity contribution in [2.24, 2.45) is 0 Å². The van der Waals surface area contributed by atoms with Crippen LogP contribution in [0.3, 0.4) is 0 Å². The summed E-state index contributed by atoms with van der Waals surface area (Å²) in [6, 6.07) is 13.0. The Labute approximate surface area is 227 Å². The van der Waals surface area contributed by atoms with Crippen molar-refractivity contribution in [3.05, 3.63) is 81.5 Å². The SMILES string of the molecule is C[C@H](c1ccc(O)cc1)c1c(O)c([C@@H]2O[C@H](CO)[C@@H](O)[C@H](O)[C@H]2O)c(O)c2c(=O)cc(-c3ccc(O)cc3)oc12. The molecule has 8 N–H and O–H groups in total. The summed E-state index contributed by atoms with van der Waals surface area (Å²) in [6.07, 6.45) is -8.34. The van der Waals surface area contributed by atoms with Gasteiger partial charge in [0.2, 0.25) is 0 Å². The fourth-order valence-electron chi connectivity index (χ4n) is 5.12. The molecule has 1 aliphatic rings. The molecule has 1 saturated heterocycles. The van der Waals surface area contributed by atoms with Gasteiger partial charge in [-0.2, -0.15) is 0 Å². The molecule has 40 heavy (non-hydrogen) atoms. The Morgan fingerprint density at radius 1 is 0.825 bits per heavy atom. The molecule has 1 aromatic heterocycles. The first kappa shape index (κ1) is 27.4. The average Bonchev–Trinajstić information content (AvgIpc) is 2.93. The molecule has 5 rings (SSSR count). The number of hydrogen-bond donors (Lipinski definition) is 8. The first-order chi connectivity index (χ1) is 19.0. The van der Waals surface area contributed by atoms with E-state index in [1.807, 2.05) is 0 Å². The molecule has 11 heteroatoms. The van der Waals surface area contributed by atoms with Crippen molar-refractivity contribution in [2.75, 3.05) is 6.61 Å². The molecule has 0 unspecified atom stereocenters. The third kappa shape index (κ3) is 4.53. The Morgan fingerprint density at radius 2 is 1.43 bits per heavy atom. The van der Waals surface area contributed by atoms with E-state index in [9.17, 15) is 45.6 Å². The second-order valence-corrected chi connectivity index (χ2v) is 9.81. The number of hydrogen-bond acceptors (Lipinski definition) is 11. The quantitative estimate of drug-likeness (QED) is 0.180. The first-order valence-corrected chi connectivity index (χ1v) is 12.5. The van der Waals surface area contributed by atoms with Gasteiger partial charge in [-0.25, -0.2) is 0 Å². The molecular weight excluding hydrogens is 524 g/mol. The van der Waals surface area contributed by atoms with Crippen LogP contribution in [0.2, 0.25) is 0 Å². The van der Waals surface area contributed by atoms with Crippen LogP contribution in [-0.2, 0) is 4.74 Å². The summed E-state index contributed by atoms with van der Waals surface area (Å²) in [5.74, 6) is -2.03. The lowest BCUT2D eigenvalue weighted by atomic mass is 9.84. The maximum Gasteiger partial charge on any atom is 0.197 e. The van der Waals surface area contributed by atoms with Crippen LogP contribution >= 0.6 is 0 Å². The number of rotatable bonds is 5. The smallest absolute Gasteiger partial charge is 0.197 e. The normalized spacial score (nSPS) is 23.8. The minimum absolute atomic E-state index is 0.00103. The third-order valence-electron chi connectivity index (χ3n) is 7.35. The molecule has 2 heterocycles. The van der Waals surface area contributed by atoms with E-state index in [1.54, 1.807) is 19.1 Å². The largest absolute Gasteiger partial charge is 0.508 e. The summed E-state index contributed by atoms with van der Waals surface area (Å²) in [4.78, 5) is 13.5. The lowest BCUT2D eigenvalue weighted by Gasteiger charge is -2.40. The molecular formula is C29H28O11. The summed E-state index contributed by atoms with van der Waals surface area (Å²) < 4.78 is 11.7. The van der Waals surface area contributed by atoms with Crippen molar-refractivity contribution in [3.63, 3.8) is 0 Å². The highest BCUT2D eigenvalue weighted by Gasteiger charge is 2.47. The third-order valence-corrected chi connectivity index (χ3v) is 7.35. The van der Waals surface area contributed by atoms with Crippen LogP contribution in [0, 0.1) is 0 Å². The van der Waals surface area contributed by atoms with Crippen LogP contribution in [0.4, 0.5) is 0 Å². The van der Waals surface area contributed by atoms with E-state index in [4.69, 9.17) is 9.15 Å². The Kier molecular flexibility index (Phi) is 7.17. The zero-order chi connectivity index (χ0) is 28.9. The van der Waals surface area contributed by atoms with Gasteiger partial charge in [-0.1, -0.05) is 19.1 Å². The van der Waals surface area contributed by atoms with Gasteiger partial charge in [0.1, 0.15) is 70.2 Å². The summed E-state index contributed by atoms with van der Waals surface area (Å²) in [5.41, 5.74) is -0.265. The monoisotopic (exact) mass is 552 g/mol. The van der Waals surface area contributed by atoms with E-state index in [1.165, 1.54) is 36.4 Å². The van der Waals surface area contributed by atoms with Crippen LogP contribution in [0.15, 0.2) is 63.8 Å². The van der Waals surface area contributed by atoms with Gasteiger partial charge >= 0.3 is 0 Å². The zero-order valence-electron chi connectivity index (χ0n) is 21.2. The number of aliphatic hydroxyl groups is 4. The Morgan fingerprint density at radius 3 is 2.02 bits per heavy atom. The maximum absolute atomic E-state index is 13.5. The summed E-state index contributed by atoms with van der Waals surface area (Å²) in [7, 11) is 0. The Balaban J connectivity index is 1.81. The minimum atomic E-state index is -1.85. The lowest BCUT2D eigenvalue weighted by Crippen LogP contribution is -2.55. The van der Waals surface area contributed by atoms with Crippen LogP contribution in [-0.4, -0.2) is 71.9 Å². The van der Waals surface area contributed by atoms with Gasteiger partial charge in [0, 0.05) is 23.1 Å². The zero-order valence-corrected chi connectivity index (χ0v) is 21.2. The predicted molar refractivity (Wildman–Crippen MR) is 141 cm³/mol. The molecule has 1 fully saturated rings. The molecule has 0 aliphatic carbocycles. The molecule has 0 spiro atoms. The molecule has 0 saturated carbocycles. The lowest BCUT2D eigenvalue weighted by molar-refractivity contribution is -0.232. The van der Waals surface area contributed by atoms with Crippen LogP contribution < -0.4 is 5.43 Å². The molecule has 1 aliphatic heterocycles. The number of phenolic OH excluding ortho intramolecular Hbond substituents is 4. The van der Waals surface area contributed by atoms with Crippen molar-refractivity contribution in [1.82, 2.24) is 0 Å². The molecule has 4 aromatic rings. The van der Waals surface area contributed by atoms with Gasteiger partial charge in [-0.05, 0) is 42.0 Å². The number of ether oxygens (including phenoxy) is 1. The second-order valence-electron chi connectivity index (χ2n) is 9.81. The van der Waals surface area contributed by atoms with E-state index in [2.05, 4.69) is 0 Å². The average molecular weight is 553 g/mol. The van der Waals surface area contributed by atoms with Gasteiger partial charge in [0.15, 0.2) is 5.43 Å². The molecule has 0 bridgehead atoms. The fourth-order valence-corrected chi connectivity index (χ4v) is 5.12. The first-order valence-electron chi connectivity index (χ1n) is 12.5. The highest BCUT2D eigenvalue weighted by atomic mass is 16.5. The summed E-state index contributed by atoms with van der Waals surface area (Å²) in [6.45, 7) is 0.938. The number of aromatic hydroxyl groups is 4. The molecule has 210 valence electrons. The Bertz CT molecular complexity index is 1590. The Hall–Kier alpha value is -4.13. The highest BCUT2D eigenvalue weighted by molar-refractivity contribution is 5.92. The van der Waals surface area contributed by atoms with E-state index < -0.39 is 65.5 Å². The molecule has 6 atom stereocenters. The molecule has 11 nitrogen and oxygen atoms in total. The summed E-state index contributed by atoms with van der Waals surface area (Å²) in [5, 5.41) is 83.0. The van der Waals surface area contributed by atoms with Gasteiger partial charge in [0.05, 0.1) is 12.2 Å². The number of aliphatic hydroxyl groups excluding tert-OH is 4. The number of benzene rings is 3. The standard InChI is InChI=1S/C29H28O11/c1-12(13-2-6-15(31)7-3-13)20-24(35)22(29-27(38)26(37)23(34)19(11-30)40-29)25(36)21-17(33)10-18(39-28(20)21)14-4-8-16(32)9-5-14/h2-10,12,19,23,26-27,29-32,34-38H,11H2,1H3/t12-,19-,23-,26+,27-,29+/m1/s1.